The summed E-state index contributed by atoms with van der Waals surface area (Å²) in [5.41, 5.74) is 0. The molecule has 1 atom stereocenters. The Bertz CT molecular complexity index is 97.6. The SMILES string of the molecule is CCN1CCC[C@H]1OCO. The van der Waals surface area contributed by atoms with Crippen LogP contribution in [-0.4, -0.2) is 36.1 Å². The first-order valence-corrected chi connectivity index (χ1v) is 3.85. The van der Waals surface area contributed by atoms with Crippen LogP contribution in [0, 0.1) is 0 Å². The normalized spacial score (nSPS) is 27.6. The van der Waals surface area contributed by atoms with Gasteiger partial charge in [-0.1, -0.05) is 6.92 Å². The van der Waals surface area contributed by atoms with E-state index in [9.17, 15) is 0 Å². The fraction of sp³-hybridized carbons (Fsp3) is 1.00. The van der Waals surface area contributed by atoms with Crippen molar-refractivity contribution in [1.29, 1.82) is 0 Å². The number of rotatable bonds is 3. The van der Waals surface area contributed by atoms with E-state index < -0.39 is 0 Å². The lowest BCUT2D eigenvalue weighted by atomic mass is 10.4. The summed E-state index contributed by atoms with van der Waals surface area (Å²) in [5.74, 6) is 0. The molecular weight excluding hydrogens is 130 g/mol. The third-order valence-corrected chi connectivity index (χ3v) is 1.98. The molecule has 0 aliphatic carbocycles. The van der Waals surface area contributed by atoms with E-state index >= 15 is 0 Å². The van der Waals surface area contributed by atoms with Crippen molar-refractivity contribution >= 4 is 0 Å². The second-order valence-electron chi connectivity index (χ2n) is 2.52. The Morgan fingerprint density at radius 3 is 3.10 bits per heavy atom. The Morgan fingerprint density at radius 2 is 2.50 bits per heavy atom. The predicted octanol–water partition coefficient (Wildman–Crippen LogP) is 0.395. The molecular formula is C7H15NO2. The molecule has 1 rings (SSSR count). The molecule has 1 aliphatic heterocycles. The van der Waals surface area contributed by atoms with Gasteiger partial charge in [0.1, 0.15) is 13.0 Å². The van der Waals surface area contributed by atoms with E-state index in [2.05, 4.69) is 11.8 Å². The summed E-state index contributed by atoms with van der Waals surface area (Å²) in [6.45, 7) is 4.09. The first kappa shape index (κ1) is 7.98. The number of likely N-dealkylation sites (tertiary alicyclic amines) is 1. The minimum absolute atomic E-state index is 0.152. The van der Waals surface area contributed by atoms with E-state index in [0.29, 0.717) is 0 Å². The Labute approximate surface area is 61.6 Å². The van der Waals surface area contributed by atoms with E-state index in [4.69, 9.17) is 9.84 Å². The van der Waals surface area contributed by atoms with Crippen LogP contribution >= 0.6 is 0 Å². The maximum Gasteiger partial charge on any atom is 0.145 e. The smallest absolute Gasteiger partial charge is 0.145 e. The molecule has 1 saturated heterocycles. The predicted molar refractivity (Wildman–Crippen MR) is 38.4 cm³/mol. The molecule has 0 unspecified atom stereocenters. The Morgan fingerprint density at radius 1 is 1.70 bits per heavy atom. The molecule has 0 aromatic heterocycles. The third-order valence-electron chi connectivity index (χ3n) is 1.98. The molecule has 0 amide bonds. The van der Waals surface area contributed by atoms with Crippen LogP contribution in [0.25, 0.3) is 0 Å². The molecule has 10 heavy (non-hydrogen) atoms. The Hall–Kier alpha value is -0.120. The van der Waals surface area contributed by atoms with Crippen molar-refractivity contribution < 1.29 is 9.84 Å². The van der Waals surface area contributed by atoms with E-state index in [1.165, 1.54) is 6.42 Å². The molecule has 1 fully saturated rings. The monoisotopic (exact) mass is 145 g/mol. The highest BCUT2D eigenvalue weighted by Gasteiger charge is 2.22. The van der Waals surface area contributed by atoms with Gasteiger partial charge in [-0.15, -0.1) is 0 Å². The van der Waals surface area contributed by atoms with Crippen LogP contribution in [-0.2, 0) is 4.74 Å². The molecule has 60 valence electrons. The van der Waals surface area contributed by atoms with Gasteiger partial charge < -0.3 is 9.84 Å². The second-order valence-corrected chi connectivity index (χ2v) is 2.52. The van der Waals surface area contributed by atoms with Gasteiger partial charge >= 0.3 is 0 Å². The van der Waals surface area contributed by atoms with Crippen molar-refractivity contribution in [3.05, 3.63) is 0 Å². The van der Waals surface area contributed by atoms with E-state index in [0.717, 1.165) is 19.5 Å². The average Bonchev–Trinajstić information content (AvgIpc) is 2.36. The third kappa shape index (κ3) is 1.68. The maximum atomic E-state index is 8.49. The number of aliphatic hydroxyl groups excluding tert-OH is 1. The zero-order valence-corrected chi connectivity index (χ0v) is 6.42. The van der Waals surface area contributed by atoms with Crippen LogP contribution in [0.15, 0.2) is 0 Å². The maximum absolute atomic E-state index is 8.49. The van der Waals surface area contributed by atoms with Crippen molar-refractivity contribution in [1.82, 2.24) is 4.90 Å². The first-order valence-electron chi connectivity index (χ1n) is 3.85. The molecule has 3 nitrogen and oxygen atoms in total. The fourth-order valence-corrected chi connectivity index (χ4v) is 1.43. The lowest BCUT2D eigenvalue weighted by molar-refractivity contribution is -0.101. The number of nitrogens with zero attached hydrogens (tertiary/aromatic N) is 1. The van der Waals surface area contributed by atoms with E-state index in [1.807, 2.05) is 0 Å². The summed E-state index contributed by atoms with van der Waals surface area (Å²) in [7, 11) is 0. The van der Waals surface area contributed by atoms with Gasteiger partial charge in [-0.25, -0.2) is 0 Å². The van der Waals surface area contributed by atoms with Crippen LogP contribution in [0.5, 0.6) is 0 Å². The van der Waals surface area contributed by atoms with Crippen molar-refractivity contribution in [3.63, 3.8) is 0 Å². The molecule has 3 heteroatoms. The van der Waals surface area contributed by atoms with Crippen molar-refractivity contribution in [2.24, 2.45) is 0 Å². The quantitative estimate of drug-likeness (QED) is 0.583. The molecule has 0 spiro atoms. The molecule has 0 aromatic carbocycles. The second kappa shape index (κ2) is 3.91. The Kier molecular flexibility index (Phi) is 3.12. The van der Waals surface area contributed by atoms with Crippen LogP contribution in [0.4, 0.5) is 0 Å². The average molecular weight is 145 g/mol. The Balaban J connectivity index is 2.27. The highest BCUT2D eigenvalue weighted by atomic mass is 16.6. The van der Waals surface area contributed by atoms with Crippen LogP contribution < -0.4 is 0 Å². The lowest BCUT2D eigenvalue weighted by Crippen LogP contribution is -2.31. The topological polar surface area (TPSA) is 32.7 Å². The van der Waals surface area contributed by atoms with Gasteiger partial charge in [-0.2, -0.15) is 0 Å². The summed E-state index contributed by atoms with van der Waals surface area (Å²) in [6, 6.07) is 0. The number of aliphatic hydroxyl groups is 1. The molecule has 1 aliphatic rings. The minimum Gasteiger partial charge on any atom is -0.371 e. The van der Waals surface area contributed by atoms with Crippen LogP contribution in [0.3, 0.4) is 0 Å². The summed E-state index contributed by atoms with van der Waals surface area (Å²) < 4.78 is 5.09. The molecule has 0 bridgehead atoms. The number of ether oxygens (including phenoxy) is 1. The fourth-order valence-electron chi connectivity index (χ4n) is 1.43. The molecule has 0 radical (unpaired) electrons. The zero-order chi connectivity index (χ0) is 7.40. The highest BCUT2D eigenvalue weighted by Crippen LogP contribution is 2.16. The van der Waals surface area contributed by atoms with E-state index in [1.54, 1.807) is 0 Å². The van der Waals surface area contributed by atoms with Crippen molar-refractivity contribution in [2.75, 3.05) is 19.9 Å². The van der Waals surface area contributed by atoms with Gasteiger partial charge in [0.2, 0.25) is 0 Å². The van der Waals surface area contributed by atoms with E-state index in [-0.39, 0.29) is 13.0 Å². The van der Waals surface area contributed by atoms with Gasteiger partial charge in [-0.3, -0.25) is 4.90 Å². The molecule has 0 saturated carbocycles. The highest BCUT2D eigenvalue weighted by molar-refractivity contribution is 4.69. The first-order chi connectivity index (χ1) is 4.88. The summed E-state index contributed by atoms with van der Waals surface area (Å²) >= 11 is 0. The van der Waals surface area contributed by atoms with Gasteiger partial charge in [0.05, 0.1) is 0 Å². The number of hydrogen-bond acceptors (Lipinski definition) is 3. The van der Waals surface area contributed by atoms with Crippen LogP contribution in [0.1, 0.15) is 19.8 Å². The van der Waals surface area contributed by atoms with Gasteiger partial charge in [0.25, 0.3) is 0 Å². The van der Waals surface area contributed by atoms with Crippen molar-refractivity contribution in [2.45, 2.75) is 26.0 Å². The lowest BCUT2D eigenvalue weighted by Gasteiger charge is -2.21. The summed E-state index contributed by atoms with van der Waals surface area (Å²) in [5, 5.41) is 8.49. The zero-order valence-electron chi connectivity index (χ0n) is 6.42. The van der Waals surface area contributed by atoms with Crippen LogP contribution in [0.2, 0.25) is 0 Å². The largest absolute Gasteiger partial charge is 0.371 e. The molecule has 0 aromatic rings. The van der Waals surface area contributed by atoms with Gasteiger partial charge in [0.15, 0.2) is 0 Å². The standard InChI is InChI=1S/C7H15NO2/c1-2-8-5-3-4-7(8)10-6-9/h7,9H,2-6H2,1H3/t7-/m1/s1. The minimum atomic E-state index is -0.152. The summed E-state index contributed by atoms with van der Waals surface area (Å²) in [6.07, 6.45) is 2.43. The van der Waals surface area contributed by atoms with Gasteiger partial charge in [-0.05, 0) is 19.4 Å². The molecule has 1 N–H and O–H groups in total. The number of hydrogen-bond donors (Lipinski definition) is 1. The summed E-state index contributed by atoms with van der Waals surface area (Å²) in [4.78, 5) is 2.23. The van der Waals surface area contributed by atoms with Crippen molar-refractivity contribution in [3.8, 4) is 0 Å². The molecule has 1 heterocycles. The van der Waals surface area contributed by atoms with Gasteiger partial charge in [0, 0.05) is 6.54 Å².